The van der Waals surface area contributed by atoms with E-state index in [0.29, 0.717) is 5.56 Å². The normalized spacial score (nSPS) is 10.5. The van der Waals surface area contributed by atoms with Crippen LogP contribution in [0.15, 0.2) is 65.6 Å². The lowest BCUT2D eigenvalue weighted by Gasteiger charge is -2.11. The number of amides is 1. The van der Waals surface area contributed by atoms with Crippen molar-refractivity contribution in [1.82, 2.24) is 4.57 Å². The van der Waals surface area contributed by atoms with Crippen LogP contribution < -0.4 is 10.9 Å². The van der Waals surface area contributed by atoms with E-state index in [1.54, 1.807) is 12.1 Å². The van der Waals surface area contributed by atoms with E-state index in [-0.39, 0.29) is 23.7 Å². The number of aromatic nitrogens is 1. The van der Waals surface area contributed by atoms with Gasteiger partial charge in [-0.05, 0) is 42.7 Å². The first-order valence-corrected chi connectivity index (χ1v) is 8.66. The zero-order valence-corrected chi connectivity index (χ0v) is 15.5. The summed E-state index contributed by atoms with van der Waals surface area (Å²) in [4.78, 5) is 35.0. The van der Waals surface area contributed by atoms with Crippen molar-refractivity contribution in [2.75, 3.05) is 5.32 Å². The summed E-state index contributed by atoms with van der Waals surface area (Å²) in [7, 11) is 0. The lowest BCUT2D eigenvalue weighted by atomic mass is 10.1. The number of benzene rings is 2. The fourth-order valence-corrected chi connectivity index (χ4v) is 2.77. The van der Waals surface area contributed by atoms with Crippen molar-refractivity contribution < 1.29 is 9.72 Å². The first-order chi connectivity index (χ1) is 13.3. The molecule has 7 heteroatoms. The molecule has 1 amide bonds. The number of aryl methyl sites for hydroxylation is 2. The van der Waals surface area contributed by atoms with Gasteiger partial charge in [0.15, 0.2) is 0 Å². The number of nitro groups is 1. The molecule has 0 aliphatic heterocycles. The monoisotopic (exact) mass is 377 g/mol. The van der Waals surface area contributed by atoms with Crippen LogP contribution in [0.4, 0.5) is 11.4 Å². The number of rotatable bonds is 5. The number of carbonyl (C=O) groups excluding carboxylic acids is 1. The van der Waals surface area contributed by atoms with Crippen molar-refractivity contribution >= 4 is 17.3 Å². The van der Waals surface area contributed by atoms with E-state index in [1.807, 2.05) is 32.0 Å². The largest absolute Gasteiger partial charge is 0.322 e. The van der Waals surface area contributed by atoms with E-state index in [9.17, 15) is 19.7 Å². The van der Waals surface area contributed by atoms with E-state index in [4.69, 9.17) is 0 Å². The predicted octanol–water partition coefficient (Wildman–Crippen LogP) is 3.67. The zero-order chi connectivity index (χ0) is 20.3. The third-order valence-corrected chi connectivity index (χ3v) is 4.39. The Bertz CT molecular complexity index is 1100. The molecule has 1 aromatic heterocycles. The molecule has 28 heavy (non-hydrogen) atoms. The Labute approximate surface area is 161 Å². The Morgan fingerprint density at radius 1 is 1.07 bits per heavy atom. The zero-order valence-electron chi connectivity index (χ0n) is 15.5. The molecule has 0 saturated heterocycles. The smallest absolute Gasteiger partial charge is 0.269 e. The highest BCUT2D eigenvalue weighted by molar-refractivity contribution is 6.04. The minimum absolute atomic E-state index is 0.0160. The highest BCUT2D eigenvalue weighted by Gasteiger charge is 2.11. The minimum atomic E-state index is -0.478. The Kier molecular flexibility index (Phi) is 5.35. The summed E-state index contributed by atoms with van der Waals surface area (Å²) < 4.78 is 1.40. The maximum Gasteiger partial charge on any atom is 0.269 e. The van der Waals surface area contributed by atoms with Crippen molar-refractivity contribution in [2.45, 2.75) is 20.4 Å². The number of hydrogen-bond donors (Lipinski definition) is 1. The summed E-state index contributed by atoms with van der Waals surface area (Å²) in [5, 5.41) is 13.6. The standard InChI is InChI=1S/C21H19N3O4/c1-14-3-4-15(2)19(11-14)22-21(26)17-7-10-20(25)23(13-17)12-16-5-8-18(9-6-16)24(27)28/h3-11,13H,12H2,1-2H3,(H,22,26). The molecule has 1 N–H and O–H groups in total. The van der Waals surface area contributed by atoms with Crippen LogP contribution in [0, 0.1) is 24.0 Å². The van der Waals surface area contributed by atoms with Crippen LogP contribution >= 0.6 is 0 Å². The third kappa shape index (κ3) is 4.32. The summed E-state index contributed by atoms with van der Waals surface area (Å²) in [5.74, 6) is -0.314. The molecule has 0 saturated carbocycles. The maximum absolute atomic E-state index is 12.6. The van der Waals surface area contributed by atoms with Gasteiger partial charge in [0.2, 0.25) is 0 Å². The summed E-state index contributed by atoms with van der Waals surface area (Å²) in [6.07, 6.45) is 1.49. The van der Waals surface area contributed by atoms with Crippen molar-refractivity contribution in [3.8, 4) is 0 Å². The number of nitro benzene ring substituents is 1. The topological polar surface area (TPSA) is 94.2 Å². The van der Waals surface area contributed by atoms with Crippen LogP contribution in [0.25, 0.3) is 0 Å². The van der Waals surface area contributed by atoms with Crippen LogP contribution in [0.1, 0.15) is 27.0 Å². The molecule has 0 bridgehead atoms. The van der Waals surface area contributed by atoms with Gasteiger partial charge in [0.05, 0.1) is 17.0 Å². The quantitative estimate of drug-likeness (QED) is 0.542. The fraction of sp³-hybridized carbons (Fsp3) is 0.143. The van der Waals surface area contributed by atoms with Gasteiger partial charge < -0.3 is 9.88 Å². The summed E-state index contributed by atoms with van der Waals surface area (Å²) >= 11 is 0. The molecule has 7 nitrogen and oxygen atoms in total. The second-order valence-corrected chi connectivity index (χ2v) is 6.58. The minimum Gasteiger partial charge on any atom is -0.322 e. The van der Waals surface area contributed by atoms with E-state index < -0.39 is 4.92 Å². The SMILES string of the molecule is Cc1ccc(C)c(NC(=O)c2ccc(=O)n(Cc3ccc([N+](=O)[O-])cc3)c2)c1. The van der Waals surface area contributed by atoms with Gasteiger partial charge in [-0.1, -0.05) is 24.3 Å². The van der Waals surface area contributed by atoms with Crippen molar-refractivity contribution in [1.29, 1.82) is 0 Å². The fourth-order valence-electron chi connectivity index (χ4n) is 2.77. The molecule has 3 aromatic rings. The molecule has 0 aliphatic carbocycles. The number of carbonyl (C=O) groups is 1. The van der Waals surface area contributed by atoms with Crippen LogP contribution in [0.5, 0.6) is 0 Å². The molecule has 0 fully saturated rings. The van der Waals surface area contributed by atoms with Crippen LogP contribution in [-0.2, 0) is 6.54 Å². The second-order valence-electron chi connectivity index (χ2n) is 6.58. The molecule has 0 unspecified atom stereocenters. The lowest BCUT2D eigenvalue weighted by Crippen LogP contribution is -2.22. The highest BCUT2D eigenvalue weighted by atomic mass is 16.6. The van der Waals surface area contributed by atoms with Gasteiger partial charge in [0.25, 0.3) is 17.2 Å². The average Bonchev–Trinajstić information content (AvgIpc) is 2.67. The van der Waals surface area contributed by atoms with Crippen molar-refractivity contribution in [3.05, 3.63) is 104 Å². The Balaban J connectivity index is 1.82. The summed E-state index contributed by atoms with van der Waals surface area (Å²) in [5.41, 5.74) is 3.49. The van der Waals surface area contributed by atoms with E-state index >= 15 is 0 Å². The van der Waals surface area contributed by atoms with Gasteiger partial charge in [0.1, 0.15) is 0 Å². The number of anilines is 1. The van der Waals surface area contributed by atoms with Crippen molar-refractivity contribution in [3.63, 3.8) is 0 Å². The molecule has 142 valence electrons. The predicted molar refractivity (Wildman–Crippen MR) is 107 cm³/mol. The van der Waals surface area contributed by atoms with Gasteiger partial charge in [0, 0.05) is 30.1 Å². The Hall–Kier alpha value is -3.74. The van der Waals surface area contributed by atoms with E-state index in [1.165, 1.54) is 35.0 Å². The molecular weight excluding hydrogens is 358 g/mol. The number of hydrogen-bond acceptors (Lipinski definition) is 4. The third-order valence-electron chi connectivity index (χ3n) is 4.39. The van der Waals surface area contributed by atoms with Crippen LogP contribution in [-0.4, -0.2) is 15.4 Å². The van der Waals surface area contributed by atoms with Gasteiger partial charge >= 0.3 is 0 Å². The Morgan fingerprint density at radius 3 is 2.46 bits per heavy atom. The first-order valence-electron chi connectivity index (χ1n) is 8.66. The lowest BCUT2D eigenvalue weighted by molar-refractivity contribution is -0.384. The molecule has 1 heterocycles. The molecule has 0 aliphatic rings. The number of non-ortho nitro benzene ring substituents is 1. The molecule has 0 spiro atoms. The van der Waals surface area contributed by atoms with Gasteiger partial charge in [-0.2, -0.15) is 0 Å². The van der Waals surface area contributed by atoms with Gasteiger partial charge in [-0.15, -0.1) is 0 Å². The molecule has 0 radical (unpaired) electrons. The van der Waals surface area contributed by atoms with Crippen LogP contribution in [0.3, 0.4) is 0 Å². The number of nitrogens with one attached hydrogen (secondary N) is 1. The van der Waals surface area contributed by atoms with E-state index in [2.05, 4.69) is 5.32 Å². The first kappa shape index (κ1) is 19.0. The number of pyridine rings is 1. The second kappa shape index (κ2) is 7.87. The van der Waals surface area contributed by atoms with Gasteiger partial charge in [-0.25, -0.2) is 0 Å². The Morgan fingerprint density at radius 2 is 1.79 bits per heavy atom. The van der Waals surface area contributed by atoms with Crippen LogP contribution in [0.2, 0.25) is 0 Å². The summed E-state index contributed by atoms with van der Waals surface area (Å²) in [6, 6.07) is 14.6. The van der Waals surface area contributed by atoms with Crippen molar-refractivity contribution in [2.24, 2.45) is 0 Å². The molecule has 3 rings (SSSR count). The van der Waals surface area contributed by atoms with E-state index in [0.717, 1.165) is 22.4 Å². The maximum atomic E-state index is 12.6. The highest BCUT2D eigenvalue weighted by Crippen LogP contribution is 2.17. The number of nitrogens with zero attached hydrogens (tertiary/aromatic N) is 2. The molecular formula is C21H19N3O4. The molecule has 2 aromatic carbocycles. The van der Waals surface area contributed by atoms with Gasteiger partial charge in [-0.3, -0.25) is 19.7 Å². The molecule has 0 atom stereocenters. The summed E-state index contributed by atoms with van der Waals surface area (Å²) in [6.45, 7) is 4.06. The average molecular weight is 377 g/mol.